The summed E-state index contributed by atoms with van der Waals surface area (Å²) in [5, 5.41) is 6.80. The van der Waals surface area contributed by atoms with Crippen LogP contribution in [0.5, 0.6) is 5.75 Å². The summed E-state index contributed by atoms with van der Waals surface area (Å²) in [6, 6.07) is 3.56. The summed E-state index contributed by atoms with van der Waals surface area (Å²) in [6.07, 6.45) is 1.83. The number of nitrogens with zero attached hydrogens (tertiary/aromatic N) is 2. The summed E-state index contributed by atoms with van der Waals surface area (Å²) in [5.41, 5.74) is 6.31. The molecule has 1 fully saturated rings. The number of piperidine rings is 1. The summed E-state index contributed by atoms with van der Waals surface area (Å²) < 4.78 is 5.31. The lowest BCUT2D eigenvalue weighted by molar-refractivity contribution is 0.0707. The maximum Gasteiger partial charge on any atom is 0.269 e. The van der Waals surface area contributed by atoms with E-state index in [0.717, 1.165) is 23.4 Å². The number of likely N-dealkylation sites (tertiary alicyclic amines) is 1. The third-order valence-electron chi connectivity index (χ3n) is 4.23. The lowest BCUT2D eigenvalue weighted by Gasteiger charge is -2.32. The van der Waals surface area contributed by atoms with Crippen LogP contribution in [0.4, 0.5) is 0 Å². The molecule has 1 aliphatic heterocycles. The van der Waals surface area contributed by atoms with Crippen molar-refractivity contribution < 1.29 is 14.3 Å². The fourth-order valence-electron chi connectivity index (χ4n) is 3.02. The van der Waals surface area contributed by atoms with Crippen LogP contribution in [-0.4, -0.2) is 47.1 Å². The number of carbonyl (C=O) groups excluding carboxylic acids is 2. The second kappa shape index (κ2) is 6.64. The van der Waals surface area contributed by atoms with Gasteiger partial charge in [0.15, 0.2) is 0 Å². The second-order valence-corrected chi connectivity index (χ2v) is 7.17. The highest BCUT2D eigenvalue weighted by molar-refractivity contribution is 7.14. The van der Waals surface area contributed by atoms with Crippen molar-refractivity contribution in [3.63, 3.8) is 0 Å². The highest BCUT2D eigenvalue weighted by atomic mass is 32.1. The molecular formula is C16H20N4O3S. The third-order valence-corrected chi connectivity index (χ3v) is 5.25. The standard InChI is InChI=1S/C16H20N4O3S/c1-9-6-13(23-2)14(24-9)16(22)20-5-3-4-10(8-20)11-7-12(15(17)21)19-18-11/h6-7,10H,3-5,8H2,1-2H3,(H2,17,21)(H,18,19)/t10-/m1/s1. The number of carbonyl (C=O) groups is 2. The molecule has 8 heteroatoms. The molecule has 1 saturated heterocycles. The number of rotatable bonds is 4. The summed E-state index contributed by atoms with van der Waals surface area (Å²) in [5.74, 6) is 0.182. The van der Waals surface area contributed by atoms with E-state index in [1.165, 1.54) is 11.3 Å². The van der Waals surface area contributed by atoms with E-state index in [1.54, 1.807) is 13.2 Å². The minimum absolute atomic E-state index is 0.00992. The number of ether oxygens (including phenoxy) is 1. The molecule has 3 rings (SSSR count). The van der Waals surface area contributed by atoms with Crippen molar-refractivity contribution in [2.45, 2.75) is 25.7 Å². The first kappa shape index (κ1) is 16.5. The summed E-state index contributed by atoms with van der Waals surface area (Å²) in [4.78, 5) is 27.6. The van der Waals surface area contributed by atoms with Crippen LogP contribution in [0.2, 0.25) is 0 Å². The van der Waals surface area contributed by atoms with Crippen LogP contribution in [0, 0.1) is 6.92 Å². The van der Waals surface area contributed by atoms with E-state index in [2.05, 4.69) is 10.2 Å². The van der Waals surface area contributed by atoms with Gasteiger partial charge in [0.25, 0.3) is 11.8 Å². The summed E-state index contributed by atoms with van der Waals surface area (Å²) in [6.45, 7) is 3.25. The molecule has 2 aromatic rings. The molecule has 128 valence electrons. The molecule has 0 aromatic carbocycles. The molecule has 24 heavy (non-hydrogen) atoms. The Morgan fingerprint density at radius 3 is 2.92 bits per heavy atom. The molecule has 1 atom stereocenters. The van der Waals surface area contributed by atoms with E-state index >= 15 is 0 Å². The van der Waals surface area contributed by atoms with Gasteiger partial charge in [-0.2, -0.15) is 5.10 Å². The first-order chi connectivity index (χ1) is 11.5. The van der Waals surface area contributed by atoms with Crippen LogP contribution in [0.25, 0.3) is 0 Å². The van der Waals surface area contributed by atoms with Crippen molar-refractivity contribution >= 4 is 23.2 Å². The monoisotopic (exact) mass is 348 g/mol. The average Bonchev–Trinajstić information content (AvgIpc) is 3.21. The summed E-state index contributed by atoms with van der Waals surface area (Å²) in [7, 11) is 1.58. The number of nitrogens with two attached hydrogens (primary N) is 1. The van der Waals surface area contributed by atoms with Crippen LogP contribution in [0.15, 0.2) is 12.1 Å². The van der Waals surface area contributed by atoms with Crippen molar-refractivity contribution in [3.05, 3.63) is 33.3 Å². The van der Waals surface area contributed by atoms with E-state index in [4.69, 9.17) is 10.5 Å². The number of hydrogen-bond donors (Lipinski definition) is 2. The fourth-order valence-corrected chi connectivity index (χ4v) is 3.97. The van der Waals surface area contributed by atoms with Crippen LogP contribution in [0.1, 0.15) is 49.5 Å². The Hall–Kier alpha value is -2.35. The molecule has 0 unspecified atom stereocenters. The molecular weight excluding hydrogens is 328 g/mol. The van der Waals surface area contributed by atoms with Gasteiger partial charge in [0.05, 0.1) is 7.11 Å². The highest BCUT2D eigenvalue weighted by Crippen LogP contribution is 2.32. The Bertz CT molecular complexity index is 767. The van der Waals surface area contributed by atoms with Crippen molar-refractivity contribution in [2.75, 3.05) is 20.2 Å². The van der Waals surface area contributed by atoms with Crippen LogP contribution >= 0.6 is 11.3 Å². The largest absolute Gasteiger partial charge is 0.495 e. The van der Waals surface area contributed by atoms with Crippen molar-refractivity contribution in [2.24, 2.45) is 5.73 Å². The van der Waals surface area contributed by atoms with E-state index in [0.29, 0.717) is 23.7 Å². The van der Waals surface area contributed by atoms with E-state index in [9.17, 15) is 9.59 Å². The number of aryl methyl sites for hydroxylation is 1. The zero-order chi connectivity index (χ0) is 17.3. The second-order valence-electron chi connectivity index (χ2n) is 5.92. The summed E-state index contributed by atoms with van der Waals surface area (Å²) >= 11 is 1.45. The SMILES string of the molecule is COc1cc(C)sc1C(=O)N1CCC[C@@H](c2cc(C(N)=O)n[nH]2)C1. The average molecular weight is 348 g/mol. The topological polar surface area (TPSA) is 101 Å². The van der Waals surface area contributed by atoms with Gasteiger partial charge in [-0.25, -0.2) is 0 Å². The Morgan fingerprint density at radius 2 is 2.25 bits per heavy atom. The van der Waals surface area contributed by atoms with Gasteiger partial charge in [0.2, 0.25) is 0 Å². The van der Waals surface area contributed by atoms with Crippen molar-refractivity contribution in [1.29, 1.82) is 0 Å². The quantitative estimate of drug-likeness (QED) is 0.881. The van der Waals surface area contributed by atoms with E-state index in [1.807, 2.05) is 17.9 Å². The third kappa shape index (κ3) is 3.14. The lowest BCUT2D eigenvalue weighted by atomic mass is 9.94. The number of aromatic amines is 1. The predicted molar refractivity (Wildman–Crippen MR) is 90.6 cm³/mol. The molecule has 0 bridgehead atoms. The van der Waals surface area contributed by atoms with Gasteiger partial charge in [-0.15, -0.1) is 11.3 Å². The molecule has 3 heterocycles. The minimum atomic E-state index is -0.556. The molecule has 2 aromatic heterocycles. The number of methoxy groups -OCH3 is 1. The van der Waals surface area contributed by atoms with E-state index in [-0.39, 0.29) is 17.5 Å². The number of amides is 2. The van der Waals surface area contributed by atoms with Gasteiger partial charge in [-0.05, 0) is 31.9 Å². The van der Waals surface area contributed by atoms with Gasteiger partial charge < -0.3 is 15.4 Å². The Labute approximate surface area is 143 Å². The van der Waals surface area contributed by atoms with Crippen LogP contribution in [-0.2, 0) is 0 Å². The fraction of sp³-hybridized carbons (Fsp3) is 0.438. The predicted octanol–water partition coefficient (Wildman–Crippen LogP) is 1.91. The number of aromatic nitrogens is 2. The first-order valence-electron chi connectivity index (χ1n) is 7.78. The maximum atomic E-state index is 12.8. The van der Waals surface area contributed by atoms with Crippen molar-refractivity contribution in [1.82, 2.24) is 15.1 Å². The lowest BCUT2D eigenvalue weighted by Crippen LogP contribution is -2.39. The normalized spacial score (nSPS) is 17.8. The molecule has 0 aliphatic carbocycles. The Balaban J connectivity index is 1.77. The minimum Gasteiger partial charge on any atom is -0.495 e. The van der Waals surface area contributed by atoms with Crippen LogP contribution < -0.4 is 10.5 Å². The molecule has 3 N–H and O–H groups in total. The smallest absolute Gasteiger partial charge is 0.269 e. The first-order valence-corrected chi connectivity index (χ1v) is 8.60. The number of primary amides is 1. The van der Waals surface area contributed by atoms with Gasteiger partial charge in [-0.1, -0.05) is 0 Å². The number of nitrogens with one attached hydrogen (secondary N) is 1. The van der Waals surface area contributed by atoms with Gasteiger partial charge in [0.1, 0.15) is 16.3 Å². The van der Waals surface area contributed by atoms with Crippen LogP contribution in [0.3, 0.4) is 0 Å². The van der Waals surface area contributed by atoms with Gasteiger partial charge in [-0.3, -0.25) is 14.7 Å². The van der Waals surface area contributed by atoms with Crippen molar-refractivity contribution in [3.8, 4) is 5.75 Å². The Kier molecular flexibility index (Phi) is 4.57. The molecule has 0 spiro atoms. The number of thiophene rings is 1. The van der Waals surface area contributed by atoms with Gasteiger partial charge in [0, 0.05) is 29.6 Å². The molecule has 2 amide bonds. The zero-order valence-corrected chi connectivity index (χ0v) is 14.5. The maximum absolute atomic E-state index is 12.8. The van der Waals surface area contributed by atoms with Gasteiger partial charge >= 0.3 is 0 Å². The highest BCUT2D eigenvalue weighted by Gasteiger charge is 2.29. The van der Waals surface area contributed by atoms with E-state index < -0.39 is 5.91 Å². The zero-order valence-electron chi connectivity index (χ0n) is 13.7. The molecule has 7 nitrogen and oxygen atoms in total. The molecule has 0 radical (unpaired) electrons. The Morgan fingerprint density at radius 1 is 1.46 bits per heavy atom. The molecule has 1 aliphatic rings. The number of hydrogen-bond acceptors (Lipinski definition) is 5. The number of H-pyrrole nitrogens is 1. The molecule has 0 saturated carbocycles.